The molecule has 20 heavy (non-hydrogen) atoms. The largest absolute Gasteiger partial charge is 0.377 e. The van der Waals surface area contributed by atoms with E-state index < -0.39 is 0 Å². The van der Waals surface area contributed by atoms with Crippen LogP contribution in [-0.2, 0) is 16.6 Å². The van der Waals surface area contributed by atoms with Gasteiger partial charge in [-0.1, -0.05) is 6.92 Å². The van der Waals surface area contributed by atoms with Crippen LogP contribution in [0.25, 0.3) is 0 Å². The van der Waals surface area contributed by atoms with Crippen molar-refractivity contribution in [3.8, 4) is 0 Å². The third-order valence-corrected chi connectivity index (χ3v) is 4.02. The summed E-state index contributed by atoms with van der Waals surface area (Å²) in [4.78, 5) is 24.3. The molecule has 0 aromatic carbocycles. The van der Waals surface area contributed by atoms with Gasteiger partial charge in [0.05, 0.1) is 12.0 Å². The van der Waals surface area contributed by atoms with Crippen LogP contribution < -0.4 is 10.9 Å². The second-order valence-corrected chi connectivity index (χ2v) is 5.96. The zero-order chi connectivity index (χ0) is 14.7. The van der Waals surface area contributed by atoms with Crippen LogP contribution in [0.15, 0.2) is 21.5 Å². The fourth-order valence-electron chi connectivity index (χ4n) is 2.53. The fourth-order valence-corrected chi connectivity index (χ4v) is 3.06. The zero-order valence-electron chi connectivity index (χ0n) is 11.7. The number of amides is 1. The quantitative estimate of drug-likeness (QED) is 0.916. The second kappa shape index (κ2) is 6.54. The van der Waals surface area contributed by atoms with E-state index in [4.69, 9.17) is 4.74 Å². The van der Waals surface area contributed by atoms with Gasteiger partial charge < -0.3 is 14.6 Å². The summed E-state index contributed by atoms with van der Waals surface area (Å²) in [6, 6.07) is 1.63. The van der Waals surface area contributed by atoms with Crippen LogP contribution in [0.2, 0.25) is 0 Å². The Morgan fingerprint density at radius 3 is 3.05 bits per heavy atom. The minimum Gasteiger partial charge on any atom is -0.377 e. The lowest BCUT2D eigenvalue weighted by Gasteiger charge is -2.30. The van der Waals surface area contributed by atoms with E-state index in [2.05, 4.69) is 21.2 Å². The molecule has 0 aliphatic carbocycles. The predicted octanol–water partition coefficient (Wildman–Crippen LogP) is 2.29. The van der Waals surface area contributed by atoms with Crippen molar-refractivity contribution in [3.05, 3.63) is 27.1 Å². The third kappa shape index (κ3) is 3.30. The number of hydrogen-bond acceptors (Lipinski definition) is 3. The molecule has 2 rings (SSSR count). The van der Waals surface area contributed by atoms with Crippen LogP contribution in [0.4, 0.5) is 5.69 Å². The smallest absolute Gasteiger partial charge is 0.274 e. The molecule has 1 aromatic heterocycles. The lowest BCUT2D eigenvalue weighted by Crippen LogP contribution is -2.39. The molecule has 1 aromatic rings. The summed E-state index contributed by atoms with van der Waals surface area (Å²) in [6.07, 6.45) is 4.09. The van der Waals surface area contributed by atoms with Crippen LogP contribution in [-0.4, -0.2) is 23.2 Å². The molecule has 0 radical (unpaired) electrons. The second-order valence-electron chi connectivity index (χ2n) is 5.04. The molecular weight excluding hydrogens is 324 g/mol. The molecule has 1 saturated heterocycles. The standard InChI is InChI=1S/C14H19BrN2O3/c1-3-12-10(5-4-6-20-12)13(18)16-11-7-9(15)8-17(2)14(11)19/h7-8,10,12H,3-6H2,1-2H3,(H,16,18). The number of nitrogens with one attached hydrogen (secondary N) is 1. The van der Waals surface area contributed by atoms with Crippen LogP contribution in [0.1, 0.15) is 26.2 Å². The first-order valence-electron chi connectivity index (χ1n) is 6.81. The van der Waals surface area contributed by atoms with Gasteiger partial charge in [0.15, 0.2) is 0 Å². The van der Waals surface area contributed by atoms with Crippen LogP contribution in [0.5, 0.6) is 0 Å². The minimum absolute atomic E-state index is 0.0558. The average Bonchev–Trinajstić information content (AvgIpc) is 2.44. The Hall–Kier alpha value is -1.14. The van der Waals surface area contributed by atoms with E-state index in [1.807, 2.05) is 6.92 Å². The highest BCUT2D eigenvalue weighted by molar-refractivity contribution is 9.10. The number of aromatic nitrogens is 1. The van der Waals surface area contributed by atoms with Gasteiger partial charge in [-0.15, -0.1) is 0 Å². The molecule has 1 fully saturated rings. The zero-order valence-corrected chi connectivity index (χ0v) is 13.3. The van der Waals surface area contributed by atoms with Crippen molar-refractivity contribution < 1.29 is 9.53 Å². The van der Waals surface area contributed by atoms with E-state index in [0.29, 0.717) is 12.3 Å². The van der Waals surface area contributed by atoms with E-state index in [9.17, 15) is 9.59 Å². The van der Waals surface area contributed by atoms with Crippen LogP contribution in [0, 0.1) is 5.92 Å². The Kier molecular flexibility index (Phi) is 4.99. The van der Waals surface area contributed by atoms with Gasteiger partial charge in [-0.2, -0.15) is 0 Å². The summed E-state index contributed by atoms with van der Waals surface area (Å²) in [5.74, 6) is -0.316. The summed E-state index contributed by atoms with van der Waals surface area (Å²) in [7, 11) is 1.65. The number of carbonyl (C=O) groups excluding carboxylic acids is 1. The van der Waals surface area contributed by atoms with Gasteiger partial charge in [-0.3, -0.25) is 9.59 Å². The lowest BCUT2D eigenvalue weighted by atomic mass is 9.92. The van der Waals surface area contributed by atoms with Crippen LogP contribution in [0.3, 0.4) is 0 Å². The van der Waals surface area contributed by atoms with Crippen molar-refractivity contribution in [2.75, 3.05) is 11.9 Å². The number of pyridine rings is 1. The van der Waals surface area contributed by atoms with Gasteiger partial charge >= 0.3 is 0 Å². The number of aryl methyl sites for hydroxylation is 1. The molecule has 0 spiro atoms. The molecule has 0 saturated carbocycles. The maximum Gasteiger partial charge on any atom is 0.274 e. The summed E-state index contributed by atoms with van der Waals surface area (Å²) in [5, 5.41) is 2.74. The molecule has 1 amide bonds. The van der Waals surface area contributed by atoms with Gasteiger partial charge in [0, 0.05) is 24.3 Å². The van der Waals surface area contributed by atoms with Gasteiger partial charge in [0.25, 0.3) is 5.56 Å². The Bertz CT molecular complexity index is 556. The molecule has 2 heterocycles. The molecule has 2 atom stereocenters. The Labute approximate surface area is 126 Å². The monoisotopic (exact) mass is 342 g/mol. The SMILES string of the molecule is CCC1OCCCC1C(=O)Nc1cc(Br)cn(C)c1=O. The van der Waals surface area contributed by atoms with Crippen LogP contribution >= 0.6 is 15.9 Å². The van der Waals surface area contributed by atoms with E-state index in [-0.39, 0.29) is 23.5 Å². The average molecular weight is 343 g/mol. The van der Waals surface area contributed by atoms with E-state index in [0.717, 1.165) is 23.7 Å². The molecule has 1 N–H and O–H groups in total. The number of hydrogen-bond donors (Lipinski definition) is 1. The lowest BCUT2D eigenvalue weighted by molar-refractivity contribution is -0.129. The molecule has 6 heteroatoms. The molecule has 2 unspecified atom stereocenters. The highest BCUT2D eigenvalue weighted by Crippen LogP contribution is 2.24. The molecule has 0 bridgehead atoms. The highest BCUT2D eigenvalue weighted by atomic mass is 79.9. The van der Waals surface area contributed by atoms with E-state index >= 15 is 0 Å². The summed E-state index contributed by atoms with van der Waals surface area (Å²) >= 11 is 3.32. The van der Waals surface area contributed by atoms with E-state index in [1.165, 1.54) is 4.57 Å². The minimum atomic E-state index is -0.216. The Morgan fingerprint density at radius 2 is 2.35 bits per heavy atom. The van der Waals surface area contributed by atoms with Crippen molar-refractivity contribution in [1.82, 2.24) is 4.57 Å². The van der Waals surface area contributed by atoms with Gasteiger partial charge in [-0.25, -0.2) is 0 Å². The number of anilines is 1. The van der Waals surface area contributed by atoms with Gasteiger partial charge in [0.2, 0.25) is 5.91 Å². The number of nitrogens with zero attached hydrogens (tertiary/aromatic N) is 1. The predicted molar refractivity (Wildman–Crippen MR) is 80.8 cm³/mol. The fraction of sp³-hybridized carbons (Fsp3) is 0.571. The summed E-state index contributed by atoms with van der Waals surface area (Å²) in [5.41, 5.74) is 0.0821. The number of ether oxygens (including phenoxy) is 1. The number of rotatable bonds is 3. The normalized spacial score (nSPS) is 22.6. The number of halogens is 1. The first-order chi connectivity index (χ1) is 9.52. The molecular formula is C14H19BrN2O3. The summed E-state index contributed by atoms with van der Waals surface area (Å²) < 4.78 is 7.81. The first kappa shape index (κ1) is 15.3. The van der Waals surface area contributed by atoms with Gasteiger partial charge in [0.1, 0.15) is 5.69 Å². The van der Waals surface area contributed by atoms with Crippen molar-refractivity contribution in [3.63, 3.8) is 0 Å². The third-order valence-electron chi connectivity index (χ3n) is 3.59. The Morgan fingerprint density at radius 1 is 1.60 bits per heavy atom. The summed E-state index contributed by atoms with van der Waals surface area (Å²) in [6.45, 7) is 2.72. The first-order valence-corrected chi connectivity index (χ1v) is 7.61. The maximum absolute atomic E-state index is 12.4. The topological polar surface area (TPSA) is 60.3 Å². The molecule has 110 valence electrons. The molecule has 5 nitrogen and oxygen atoms in total. The van der Waals surface area contributed by atoms with E-state index in [1.54, 1.807) is 19.3 Å². The van der Waals surface area contributed by atoms with Gasteiger partial charge in [-0.05, 0) is 41.3 Å². The van der Waals surface area contributed by atoms with Crippen molar-refractivity contribution in [1.29, 1.82) is 0 Å². The highest BCUT2D eigenvalue weighted by Gasteiger charge is 2.31. The maximum atomic E-state index is 12.4. The van der Waals surface area contributed by atoms with Crippen molar-refractivity contribution in [2.45, 2.75) is 32.3 Å². The molecule has 1 aliphatic rings. The molecule has 1 aliphatic heterocycles. The van der Waals surface area contributed by atoms with Crippen molar-refractivity contribution in [2.24, 2.45) is 13.0 Å². The Balaban J connectivity index is 2.17. The number of carbonyl (C=O) groups is 1. The van der Waals surface area contributed by atoms with Crippen molar-refractivity contribution >= 4 is 27.5 Å².